The molecule has 3 aromatic rings. The molecule has 2 aromatic heterocycles. The number of pyridine rings is 2. The zero-order valence-electron chi connectivity index (χ0n) is 16.5. The summed E-state index contributed by atoms with van der Waals surface area (Å²) in [5, 5.41) is 16.9. The molecule has 0 atom stereocenters. The van der Waals surface area contributed by atoms with Gasteiger partial charge in [0.25, 0.3) is 0 Å². The summed E-state index contributed by atoms with van der Waals surface area (Å²) in [4.78, 5) is 9.08. The lowest BCUT2D eigenvalue weighted by Crippen LogP contribution is -2.28. The number of aliphatic hydroxyl groups is 1. The third kappa shape index (κ3) is 5.26. The summed E-state index contributed by atoms with van der Waals surface area (Å²) in [7, 11) is 0. The first kappa shape index (κ1) is 20.6. The molecule has 2 heterocycles. The van der Waals surface area contributed by atoms with Gasteiger partial charge in [0.05, 0.1) is 16.8 Å². The second kappa shape index (κ2) is 9.41. The molecular formula is C23H24ClFN4O. The van der Waals surface area contributed by atoms with Gasteiger partial charge in [0, 0.05) is 24.3 Å². The SMILES string of the molecule is O[C@H]1CC[C@H](Nc2cc(-c3cccc(NCc4ccc(F)cc4)n3)c(Cl)cn2)CC1. The molecule has 0 amide bonds. The molecule has 7 heteroatoms. The van der Waals surface area contributed by atoms with Crippen LogP contribution in [-0.2, 0) is 6.54 Å². The van der Waals surface area contributed by atoms with Gasteiger partial charge in [0.1, 0.15) is 17.5 Å². The Morgan fingerprint density at radius 3 is 2.57 bits per heavy atom. The molecule has 0 aliphatic heterocycles. The highest BCUT2D eigenvalue weighted by Crippen LogP contribution is 2.30. The summed E-state index contributed by atoms with van der Waals surface area (Å²) in [6.45, 7) is 0.543. The van der Waals surface area contributed by atoms with Crippen LogP contribution in [-0.4, -0.2) is 27.2 Å². The van der Waals surface area contributed by atoms with Crippen molar-refractivity contribution in [2.75, 3.05) is 10.6 Å². The molecule has 1 fully saturated rings. The van der Waals surface area contributed by atoms with Gasteiger partial charge in [0.2, 0.25) is 0 Å². The number of nitrogens with one attached hydrogen (secondary N) is 2. The molecule has 0 radical (unpaired) electrons. The number of rotatable bonds is 6. The van der Waals surface area contributed by atoms with Gasteiger partial charge in [-0.1, -0.05) is 29.8 Å². The zero-order chi connectivity index (χ0) is 20.9. The Hall–Kier alpha value is -2.70. The van der Waals surface area contributed by atoms with E-state index in [1.54, 1.807) is 18.3 Å². The molecule has 5 nitrogen and oxygen atoms in total. The van der Waals surface area contributed by atoms with Crippen LogP contribution in [0.4, 0.5) is 16.0 Å². The molecule has 0 saturated heterocycles. The fourth-order valence-corrected chi connectivity index (χ4v) is 3.82. The molecular weight excluding hydrogens is 403 g/mol. The molecule has 1 aliphatic rings. The Labute approximate surface area is 180 Å². The highest BCUT2D eigenvalue weighted by atomic mass is 35.5. The van der Waals surface area contributed by atoms with Crippen molar-refractivity contribution in [1.29, 1.82) is 0 Å². The van der Waals surface area contributed by atoms with E-state index in [0.29, 0.717) is 23.4 Å². The van der Waals surface area contributed by atoms with Gasteiger partial charge in [-0.25, -0.2) is 14.4 Å². The monoisotopic (exact) mass is 426 g/mol. The van der Waals surface area contributed by atoms with E-state index in [0.717, 1.165) is 48.3 Å². The highest BCUT2D eigenvalue weighted by molar-refractivity contribution is 6.33. The summed E-state index contributed by atoms with van der Waals surface area (Å²) < 4.78 is 13.1. The molecule has 0 bridgehead atoms. The zero-order valence-corrected chi connectivity index (χ0v) is 17.2. The first-order chi connectivity index (χ1) is 14.6. The third-order valence-corrected chi connectivity index (χ3v) is 5.62. The van der Waals surface area contributed by atoms with Crippen molar-refractivity contribution in [2.45, 2.75) is 44.4 Å². The summed E-state index contributed by atoms with van der Waals surface area (Å²) in [5.74, 6) is 1.21. The van der Waals surface area contributed by atoms with Gasteiger partial charge in [-0.2, -0.15) is 0 Å². The molecule has 1 aliphatic carbocycles. The summed E-state index contributed by atoms with van der Waals surface area (Å²) in [5.41, 5.74) is 2.51. The number of hydrogen-bond acceptors (Lipinski definition) is 5. The molecule has 1 saturated carbocycles. The Morgan fingerprint density at radius 1 is 1.03 bits per heavy atom. The minimum Gasteiger partial charge on any atom is -0.393 e. The van der Waals surface area contributed by atoms with Crippen LogP contribution in [0.15, 0.2) is 54.7 Å². The number of hydrogen-bond donors (Lipinski definition) is 3. The van der Waals surface area contributed by atoms with E-state index < -0.39 is 0 Å². The summed E-state index contributed by atoms with van der Waals surface area (Å²) in [6.07, 6.45) is 4.90. The van der Waals surface area contributed by atoms with E-state index in [9.17, 15) is 9.50 Å². The number of halogens is 2. The molecule has 3 N–H and O–H groups in total. The van der Waals surface area contributed by atoms with Crippen LogP contribution >= 0.6 is 11.6 Å². The average Bonchev–Trinajstić information content (AvgIpc) is 2.76. The fourth-order valence-electron chi connectivity index (χ4n) is 3.62. The van der Waals surface area contributed by atoms with Crippen molar-refractivity contribution in [2.24, 2.45) is 0 Å². The van der Waals surface area contributed by atoms with E-state index in [4.69, 9.17) is 11.6 Å². The van der Waals surface area contributed by atoms with Gasteiger partial charge in [-0.15, -0.1) is 0 Å². The lowest BCUT2D eigenvalue weighted by Gasteiger charge is -2.26. The van der Waals surface area contributed by atoms with E-state index in [1.165, 1.54) is 12.1 Å². The van der Waals surface area contributed by atoms with Crippen molar-refractivity contribution >= 4 is 23.2 Å². The maximum atomic E-state index is 13.1. The fraction of sp³-hybridized carbons (Fsp3) is 0.304. The molecule has 0 spiro atoms. The van der Waals surface area contributed by atoms with Crippen LogP contribution in [0.1, 0.15) is 31.2 Å². The predicted octanol–water partition coefficient (Wildman–Crippen LogP) is 5.26. The predicted molar refractivity (Wildman–Crippen MR) is 118 cm³/mol. The smallest absolute Gasteiger partial charge is 0.126 e. The number of aliphatic hydroxyl groups excluding tert-OH is 1. The number of benzene rings is 1. The molecule has 156 valence electrons. The number of nitrogens with zero attached hydrogens (tertiary/aromatic N) is 2. The van der Waals surface area contributed by atoms with Crippen molar-refractivity contribution in [1.82, 2.24) is 9.97 Å². The minimum absolute atomic E-state index is 0.189. The molecule has 0 unspecified atom stereocenters. The summed E-state index contributed by atoms with van der Waals surface area (Å²) in [6, 6.07) is 14.3. The molecule has 4 rings (SSSR count). The standard InChI is InChI=1S/C23H24ClFN4O/c24-20-14-27-23(28-17-8-10-18(30)11-9-17)12-19(20)21-2-1-3-22(29-21)26-13-15-4-6-16(25)7-5-15/h1-7,12,14,17-18,30H,8-11,13H2,(H,26,29)(H,27,28)/t17-,18-. The first-order valence-electron chi connectivity index (χ1n) is 10.1. The van der Waals surface area contributed by atoms with Crippen molar-refractivity contribution in [3.05, 3.63) is 71.1 Å². The van der Waals surface area contributed by atoms with E-state index in [2.05, 4.69) is 20.6 Å². The van der Waals surface area contributed by atoms with Crippen LogP contribution in [0.2, 0.25) is 5.02 Å². The Kier molecular flexibility index (Phi) is 6.45. The second-order valence-electron chi connectivity index (χ2n) is 7.59. The van der Waals surface area contributed by atoms with Gasteiger partial charge in [-0.05, 0) is 61.6 Å². The number of anilines is 2. The Bertz CT molecular complexity index is 991. The van der Waals surface area contributed by atoms with Crippen LogP contribution in [0.25, 0.3) is 11.3 Å². The molecule has 1 aromatic carbocycles. The number of aromatic nitrogens is 2. The third-order valence-electron chi connectivity index (χ3n) is 5.32. The van der Waals surface area contributed by atoms with Crippen LogP contribution in [0, 0.1) is 5.82 Å². The van der Waals surface area contributed by atoms with E-state index in [1.807, 2.05) is 24.3 Å². The van der Waals surface area contributed by atoms with Crippen LogP contribution < -0.4 is 10.6 Å². The lowest BCUT2D eigenvalue weighted by atomic mass is 9.93. The lowest BCUT2D eigenvalue weighted by molar-refractivity contribution is 0.126. The van der Waals surface area contributed by atoms with Gasteiger partial charge >= 0.3 is 0 Å². The quantitative estimate of drug-likeness (QED) is 0.501. The van der Waals surface area contributed by atoms with Crippen molar-refractivity contribution < 1.29 is 9.50 Å². The first-order valence-corrected chi connectivity index (χ1v) is 10.5. The Balaban J connectivity index is 1.47. The van der Waals surface area contributed by atoms with Gasteiger partial charge < -0.3 is 15.7 Å². The normalized spacial score (nSPS) is 18.8. The largest absolute Gasteiger partial charge is 0.393 e. The summed E-state index contributed by atoms with van der Waals surface area (Å²) >= 11 is 6.41. The molecule has 30 heavy (non-hydrogen) atoms. The van der Waals surface area contributed by atoms with Crippen LogP contribution in [0.5, 0.6) is 0 Å². The van der Waals surface area contributed by atoms with Crippen molar-refractivity contribution in [3.8, 4) is 11.3 Å². The van der Waals surface area contributed by atoms with Crippen molar-refractivity contribution in [3.63, 3.8) is 0 Å². The van der Waals surface area contributed by atoms with E-state index >= 15 is 0 Å². The van der Waals surface area contributed by atoms with Gasteiger partial charge in [-0.3, -0.25) is 0 Å². The maximum Gasteiger partial charge on any atom is 0.126 e. The maximum absolute atomic E-state index is 13.1. The van der Waals surface area contributed by atoms with E-state index in [-0.39, 0.29) is 11.9 Å². The van der Waals surface area contributed by atoms with Gasteiger partial charge in [0.15, 0.2) is 0 Å². The topological polar surface area (TPSA) is 70.1 Å². The minimum atomic E-state index is -0.250. The average molecular weight is 427 g/mol. The second-order valence-corrected chi connectivity index (χ2v) is 7.99. The highest BCUT2D eigenvalue weighted by Gasteiger charge is 2.20. The Morgan fingerprint density at radius 2 is 1.80 bits per heavy atom. The van der Waals surface area contributed by atoms with Crippen LogP contribution in [0.3, 0.4) is 0 Å².